The molecule has 24 heavy (non-hydrogen) atoms. The molecule has 1 N–H and O–H groups in total. The van der Waals surface area contributed by atoms with Gasteiger partial charge in [0.15, 0.2) is 5.65 Å². The summed E-state index contributed by atoms with van der Waals surface area (Å²) in [6.45, 7) is 3.79. The molecule has 3 rings (SSSR count). The van der Waals surface area contributed by atoms with Crippen LogP contribution in [0.3, 0.4) is 0 Å². The highest BCUT2D eigenvalue weighted by Crippen LogP contribution is 2.24. The maximum atomic E-state index is 13.8. The molecule has 0 radical (unpaired) electrons. The SMILES string of the molecule is CCc1nc2c(Br)cc(C)cn2c1C(=O)Nc1ccc(F)cc1F. The maximum Gasteiger partial charge on any atom is 0.274 e. The van der Waals surface area contributed by atoms with Crippen LogP contribution in [0.25, 0.3) is 5.65 Å². The van der Waals surface area contributed by atoms with Crippen LogP contribution in [-0.4, -0.2) is 15.3 Å². The van der Waals surface area contributed by atoms with Crippen molar-refractivity contribution >= 4 is 33.2 Å². The van der Waals surface area contributed by atoms with Crippen molar-refractivity contribution in [2.75, 3.05) is 5.32 Å². The van der Waals surface area contributed by atoms with Gasteiger partial charge >= 0.3 is 0 Å². The summed E-state index contributed by atoms with van der Waals surface area (Å²) < 4.78 is 29.2. The molecule has 0 fully saturated rings. The van der Waals surface area contributed by atoms with E-state index in [0.29, 0.717) is 23.5 Å². The topological polar surface area (TPSA) is 46.4 Å². The number of imidazole rings is 1. The number of pyridine rings is 1. The number of amides is 1. The fourth-order valence-electron chi connectivity index (χ4n) is 2.54. The van der Waals surface area contributed by atoms with E-state index in [2.05, 4.69) is 26.2 Å². The molecule has 1 amide bonds. The van der Waals surface area contributed by atoms with E-state index >= 15 is 0 Å². The van der Waals surface area contributed by atoms with E-state index in [1.54, 1.807) is 10.6 Å². The van der Waals surface area contributed by atoms with Crippen molar-refractivity contribution in [2.45, 2.75) is 20.3 Å². The van der Waals surface area contributed by atoms with Crippen LogP contribution in [0.4, 0.5) is 14.5 Å². The molecule has 3 aromatic rings. The minimum absolute atomic E-state index is 0.0786. The summed E-state index contributed by atoms with van der Waals surface area (Å²) in [5.41, 5.74) is 2.41. The normalized spacial score (nSPS) is 11.0. The Labute approximate surface area is 145 Å². The Bertz CT molecular complexity index is 953. The number of fused-ring (bicyclic) bond motifs is 1. The standard InChI is InChI=1S/C17H14BrF2N3O/c1-3-13-15(23-8-9(2)6-11(18)16(23)21-13)17(24)22-14-5-4-10(19)7-12(14)20/h4-8H,3H2,1-2H3,(H,22,24). The lowest BCUT2D eigenvalue weighted by Gasteiger charge is -2.08. The molecule has 0 saturated heterocycles. The van der Waals surface area contributed by atoms with E-state index < -0.39 is 17.5 Å². The molecule has 0 aliphatic rings. The quantitative estimate of drug-likeness (QED) is 0.711. The Kier molecular flexibility index (Phi) is 4.36. The van der Waals surface area contributed by atoms with Gasteiger partial charge in [0.2, 0.25) is 0 Å². The molecule has 0 aliphatic heterocycles. The van der Waals surface area contributed by atoms with Crippen LogP contribution in [0.1, 0.15) is 28.7 Å². The summed E-state index contributed by atoms with van der Waals surface area (Å²) in [6.07, 6.45) is 2.34. The number of nitrogens with zero attached hydrogens (tertiary/aromatic N) is 2. The fourth-order valence-corrected chi connectivity index (χ4v) is 3.18. The van der Waals surface area contributed by atoms with Gasteiger partial charge in [0, 0.05) is 12.3 Å². The van der Waals surface area contributed by atoms with Crippen molar-refractivity contribution in [3.05, 3.63) is 63.5 Å². The first-order valence-corrected chi connectivity index (χ1v) is 8.13. The molecular weight excluding hydrogens is 380 g/mol. The Morgan fingerprint density at radius 2 is 2.08 bits per heavy atom. The number of carbonyl (C=O) groups excluding carboxylic acids is 1. The maximum absolute atomic E-state index is 13.8. The smallest absolute Gasteiger partial charge is 0.274 e. The Morgan fingerprint density at radius 3 is 2.75 bits per heavy atom. The van der Waals surface area contributed by atoms with Gasteiger partial charge in [-0.2, -0.15) is 0 Å². The van der Waals surface area contributed by atoms with Gasteiger partial charge in [-0.15, -0.1) is 0 Å². The third-order valence-corrected chi connectivity index (χ3v) is 4.20. The van der Waals surface area contributed by atoms with Crippen molar-refractivity contribution in [2.24, 2.45) is 0 Å². The highest BCUT2D eigenvalue weighted by Gasteiger charge is 2.21. The molecule has 2 heterocycles. The minimum Gasteiger partial charge on any atom is -0.318 e. The third kappa shape index (κ3) is 2.91. The number of carbonyl (C=O) groups is 1. The van der Waals surface area contributed by atoms with Crippen LogP contribution in [0.15, 0.2) is 34.9 Å². The number of hydrogen-bond donors (Lipinski definition) is 1. The van der Waals surface area contributed by atoms with E-state index in [0.717, 1.165) is 22.2 Å². The van der Waals surface area contributed by atoms with Crippen molar-refractivity contribution in [1.82, 2.24) is 9.38 Å². The first-order chi connectivity index (χ1) is 11.4. The van der Waals surface area contributed by atoms with Crippen molar-refractivity contribution < 1.29 is 13.6 Å². The van der Waals surface area contributed by atoms with Crippen LogP contribution in [0.5, 0.6) is 0 Å². The Hall–Kier alpha value is -2.28. The summed E-state index contributed by atoms with van der Waals surface area (Å²) in [4.78, 5) is 17.2. The lowest BCUT2D eigenvalue weighted by Crippen LogP contribution is -2.17. The number of aromatic nitrogens is 2. The second-order valence-corrected chi connectivity index (χ2v) is 6.25. The second kappa shape index (κ2) is 6.32. The van der Waals surface area contributed by atoms with Gasteiger partial charge in [0.25, 0.3) is 5.91 Å². The van der Waals surface area contributed by atoms with Crippen molar-refractivity contribution in [3.8, 4) is 0 Å². The Balaban J connectivity index is 2.09. The minimum atomic E-state index is -0.826. The number of benzene rings is 1. The second-order valence-electron chi connectivity index (χ2n) is 5.40. The summed E-state index contributed by atoms with van der Waals surface area (Å²) in [6, 6.07) is 4.92. The van der Waals surface area contributed by atoms with E-state index in [1.165, 1.54) is 6.07 Å². The molecule has 0 aliphatic carbocycles. The molecule has 0 bridgehead atoms. The van der Waals surface area contributed by atoms with E-state index in [-0.39, 0.29) is 5.69 Å². The summed E-state index contributed by atoms with van der Waals surface area (Å²) in [7, 11) is 0. The number of halogens is 3. The molecule has 4 nitrogen and oxygen atoms in total. The van der Waals surface area contributed by atoms with Gasteiger partial charge in [-0.05, 0) is 53.0 Å². The molecule has 7 heteroatoms. The first kappa shape index (κ1) is 16.6. The summed E-state index contributed by atoms with van der Waals surface area (Å²) in [5.74, 6) is -2.02. The first-order valence-electron chi connectivity index (χ1n) is 7.34. The average Bonchev–Trinajstić information content (AvgIpc) is 2.88. The molecule has 0 spiro atoms. The van der Waals surface area contributed by atoms with Crippen LogP contribution in [0.2, 0.25) is 0 Å². The largest absolute Gasteiger partial charge is 0.318 e. The van der Waals surface area contributed by atoms with Crippen LogP contribution >= 0.6 is 15.9 Å². The summed E-state index contributed by atoms with van der Waals surface area (Å²) >= 11 is 3.44. The van der Waals surface area contributed by atoms with E-state index in [4.69, 9.17) is 0 Å². The van der Waals surface area contributed by atoms with Gasteiger partial charge in [0.1, 0.15) is 17.3 Å². The zero-order valence-electron chi connectivity index (χ0n) is 13.0. The predicted molar refractivity (Wildman–Crippen MR) is 91.3 cm³/mol. The number of anilines is 1. The molecule has 0 atom stereocenters. The Morgan fingerprint density at radius 1 is 1.33 bits per heavy atom. The number of aryl methyl sites for hydroxylation is 2. The van der Waals surface area contributed by atoms with Crippen LogP contribution < -0.4 is 5.32 Å². The molecule has 1 aromatic carbocycles. The van der Waals surface area contributed by atoms with Crippen molar-refractivity contribution in [1.29, 1.82) is 0 Å². The number of rotatable bonds is 3. The molecular formula is C17H14BrF2N3O. The molecule has 0 saturated carbocycles. The lowest BCUT2D eigenvalue weighted by molar-refractivity contribution is 0.102. The van der Waals surface area contributed by atoms with Crippen LogP contribution in [-0.2, 0) is 6.42 Å². The van der Waals surface area contributed by atoms with Gasteiger partial charge < -0.3 is 5.32 Å². The highest BCUT2D eigenvalue weighted by molar-refractivity contribution is 9.10. The van der Waals surface area contributed by atoms with Gasteiger partial charge in [0.05, 0.1) is 15.9 Å². The number of nitrogens with one attached hydrogen (secondary N) is 1. The monoisotopic (exact) mass is 393 g/mol. The summed E-state index contributed by atoms with van der Waals surface area (Å²) in [5, 5.41) is 2.49. The number of hydrogen-bond acceptors (Lipinski definition) is 2. The third-order valence-electron chi connectivity index (χ3n) is 3.61. The van der Waals surface area contributed by atoms with E-state index in [1.807, 2.05) is 19.9 Å². The zero-order valence-corrected chi connectivity index (χ0v) is 14.6. The molecule has 0 unspecified atom stereocenters. The molecule has 124 valence electrons. The highest BCUT2D eigenvalue weighted by atomic mass is 79.9. The van der Waals surface area contributed by atoms with Crippen molar-refractivity contribution in [3.63, 3.8) is 0 Å². The lowest BCUT2D eigenvalue weighted by atomic mass is 10.2. The van der Waals surface area contributed by atoms with Crippen LogP contribution in [0, 0.1) is 18.6 Å². The molecule has 2 aromatic heterocycles. The average molecular weight is 394 g/mol. The fraction of sp³-hybridized carbons (Fsp3) is 0.176. The zero-order chi connectivity index (χ0) is 17.4. The predicted octanol–water partition coefficient (Wildman–Crippen LogP) is 4.50. The van der Waals surface area contributed by atoms with E-state index in [9.17, 15) is 13.6 Å². The van der Waals surface area contributed by atoms with Gasteiger partial charge in [-0.1, -0.05) is 6.92 Å². The van der Waals surface area contributed by atoms with Gasteiger partial charge in [-0.25, -0.2) is 13.8 Å². The van der Waals surface area contributed by atoms with Gasteiger partial charge in [-0.3, -0.25) is 9.20 Å².